The minimum atomic E-state index is -0.0635. The van der Waals surface area contributed by atoms with E-state index in [-0.39, 0.29) is 5.91 Å². The predicted octanol–water partition coefficient (Wildman–Crippen LogP) is 0.898. The van der Waals surface area contributed by atoms with Gasteiger partial charge in [-0.1, -0.05) is 0 Å². The van der Waals surface area contributed by atoms with Crippen LogP contribution in [-0.4, -0.2) is 52.6 Å². The number of carbonyl (C=O) groups is 1. The van der Waals surface area contributed by atoms with Gasteiger partial charge in [-0.25, -0.2) is 9.50 Å². The Bertz CT molecular complexity index is 628. The van der Waals surface area contributed by atoms with Gasteiger partial charge in [-0.05, 0) is 25.5 Å². The zero-order valence-corrected chi connectivity index (χ0v) is 11.8. The third kappa shape index (κ3) is 2.16. The number of carbonyl (C=O) groups excluding carboxylic acids is 1. The van der Waals surface area contributed by atoms with E-state index < -0.39 is 0 Å². The first-order valence-electron chi connectivity index (χ1n) is 6.93. The van der Waals surface area contributed by atoms with Gasteiger partial charge in [0.05, 0.1) is 11.9 Å². The molecule has 2 aromatic rings. The highest BCUT2D eigenvalue weighted by Gasteiger charge is 2.21. The van der Waals surface area contributed by atoms with Crippen LogP contribution in [0.25, 0.3) is 5.65 Å². The fourth-order valence-corrected chi connectivity index (χ4v) is 2.72. The van der Waals surface area contributed by atoms with Gasteiger partial charge in [0.1, 0.15) is 5.56 Å². The summed E-state index contributed by atoms with van der Waals surface area (Å²) >= 11 is 0. The summed E-state index contributed by atoms with van der Waals surface area (Å²) in [6.45, 7) is 2.03. The number of piperidine rings is 1. The first-order valence-corrected chi connectivity index (χ1v) is 6.93. The highest BCUT2D eigenvalue weighted by atomic mass is 16.2. The van der Waals surface area contributed by atoms with E-state index in [9.17, 15) is 4.79 Å². The number of nitrogens with zero attached hydrogens (tertiary/aromatic N) is 4. The lowest BCUT2D eigenvalue weighted by Crippen LogP contribution is -2.29. The van der Waals surface area contributed by atoms with Crippen LogP contribution in [0.2, 0.25) is 0 Å². The number of aromatic nitrogens is 3. The Labute approximate surface area is 117 Å². The van der Waals surface area contributed by atoms with Crippen molar-refractivity contribution in [2.75, 3.05) is 27.2 Å². The first kappa shape index (κ1) is 13.1. The van der Waals surface area contributed by atoms with E-state index in [0.29, 0.717) is 17.1 Å². The van der Waals surface area contributed by atoms with Crippen LogP contribution >= 0.6 is 0 Å². The Morgan fingerprint density at radius 2 is 2.35 bits per heavy atom. The fraction of sp³-hybridized carbons (Fsp3) is 0.500. The standard InChI is InChI=1S/C14H19N5O/c1-18(2)14(20)11-9-17-19-12(5-7-16-13(11)19)10-4-3-6-15-8-10/h5,7,9-10,15H,3-4,6,8H2,1-2H3/t10-/m1/s1. The Balaban J connectivity index is 2.05. The smallest absolute Gasteiger partial charge is 0.258 e. The molecule has 20 heavy (non-hydrogen) atoms. The fourth-order valence-electron chi connectivity index (χ4n) is 2.72. The number of amides is 1. The average molecular weight is 273 g/mol. The number of hydrogen-bond donors (Lipinski definition) is 1. The quantitative estimate of drug-likeness (QED) is 0.883. The summed E-state index contributed by atoms with van der Waals surface area (Å²) in [6, 6.07) is 2.00. The summed E-state index contributed by atoms with van der Waals surface area (Å²) in [6.07, 6.45) is 5.69. The maximum absolute atomic E-state index is 12.1. The van der Waals surface area contributed by atoms with Crippen LogP contribution in [0.3, 0.4) is 0 Å². The normalized spacial score (nSPS) is 19.2. The minimum absolute atomic E-state index is 0.0635. The summed E-state index contributed by atoms with van der Waals surface area (Å²) in [5.41, 5.74) is 2.33. The summed E-state index contributed by atoms with van der Waals surface area (Å²) < 4.78 is 1.81. The number of hydrogen-bond acceptors (Lipinski definition) is 4. The molecule has 0 spiro atoms. The number of fused-ring (bicyclic) bond motifs is 1. The Morgan fingerprint density at radius 1 is 1.50 bits per heavy atom. The van der Waals surface area contributed by atoms with Crippen molar-refractivity contribution in [1.29, 1.82) is 0 Å². The van der Waals surface area contributed by atoms with Gasteiger partial charge in [0.15, 0.2) is 5.65 Å². The van der Waals surface area contributed by atoms with Crippen molar-refractivity contribution in [1.82, 2.24) is 24.8 Å². The molecule has 3 rings (SSSR count). The Hall–Kier alpha value is -1.95. The van der Waals surface area contributed by atoms with Crippen molar-refractivity contribution in [3.8, 4) is 0 Å². The van der Waals surface area contributed by atoms with Crippen LogP contribution in [0.15, 0.2) is 18.5 Å². The molecule has 3 heterocycles. The molecule has 6 heteroatoms. The average Bonchev–Trinajstić information content (AvgIpc) is 2.91. The zero-order valence-electron chi connectivity index (χ0n) is 11.8. The van der Waals surface area contributed by atoms with E-state index in [1.165, 1.54) is 6.42 Å². The zero-order chi connectivity index (χ0) is 14.1. The topological polar surface area (TPSA) is 62.5 Å². The van der Waals surface area contributed by atoms with E-state index >= 15 is 0 Å². The molecule has 0 saturated carbocycles. The number of nitrogens with one attached hydrogen (secondary N) is 1. The van der Waals surface area contributed by atoms with Crippen molar-refractivity contribution in [2.45, 2.75) is 18.8 Å². The summed E-state index contributed by atoms with van der Waals surface area (Å²) in [4.78, 5) is 18.0. The lowest BCUT2D eigenvalue weighted by Gasteiger charge is -2.23. The van der Waals surface area contributed by atoms with Gasteiger partial charge in [-0.3, -0.25) is 4.79 Å². The summed E-state index contributed by atoms with van der Waals surface area (Å²) in [5.74, 6) is 0.364. The lowest BCUT2D eigenvalue weighted by atomic mass is 9.96. The highest BCUT2D eigenvalue weighted by molar-refractivity contribution is 5.99. The largest absolute Gasteiger partial charge is 0.345 e. The second kappa shape index (κ2) is 5.20. The van der Waals surface area contributed by atoms with Crippen molar-refractivity contribution in [3.63, 3.8) is 0 Å². The van der Waals surface area contributed by atoms with E-state index in [2.05, 4.69) is 15.4 Å². The third-order valence-corrected chi connectivity index (χ3v) is 3.78. The van der Waals surface area contributed by atoms with Crippen molar-refractivity contribution < 1.29 is 4.79 Å². The van der Waals surface area contributed by atoms with Crippen LogP contribution in [0.5, 0.6) is 0 Å². The SMILES string of the molecule is CN(C)C(=O)c1cnn2c([C@@H]3CCCNC3)ccnc12. The number of rotatable bonds is 2. The molecule has 1 N–H and O–H groups in total. The molecule has 1 fully saturated rings. The van der Waals surface area contributed by atoms with E-state index in [0.717, 1.165) is 25.2 Å². The molecular formula is C14H19N5O. The molecule has 6 nitrogen and oxygen atoms in total. The molecule has 1 amide bonds. The van der Waals surface area contributed by atoms with Gasteiger partial charge in [-0.15, -0.1) is 0 Å². The van der Waals surface area contributed by atoms with Crippen LogP contribution in [0, 0.1) is 0 Å². The molecule has 2 aromatic heterocycles. The molecule has 1 saturated heterocycles. The first-order chi connectivity index (χ1) is 9.68. The Kier molecular flexibility index (Phi) is 3.40. The van der Waals surface area contributed by atoms with Gasteiger partial charge >= 0.3 is 0 Å². The van der Waals surface area contributed by atoms with E-state index in [4.69, 9.17) is 0 Å². The monoisotopic (exact) mass is 273 g/mol. The molecular weight excluding hydrogens is 254 g/mol. The van der Waals surface area contributed by atoms with Crippen LogP contribution in [0.1, 0.15) is 34.8 Å². The highest BCUT2D eigenvalue weighted by Crippen LogP contribution is 2.24. The lowest BCUT2D eigenvalue weighted by molar-refractivity contribution is 0.0829. The molecule has 0 aromatic carbocycles. The summed E-state index contributed by atoms with van der Waals surface area (Å²) in [5, 5.41) is 7.79. The van der Waals surface area contributed by atoms with Gasteiger partial charge in [0, 0.05) is 32.8 Å². The van der Waals surface area contributed by atoms with Crippen LogP contribution in [-0.2, 0) is 0 Å². The maximum atomic E-state index is 12.1. The molecule has 0 aliphatic carbocycles. The molecule has 106 valence electrons. The predicted molar refractivity (Wildman–Crippen MR) is 75.8 cm³/mol. The summed E-state index contributed by atoms with van der Waals surface area (Å²) in [7, 11) is 3.47. The van der Waals surface area contributed by atoms with E-state index in [1.54, 1.807) is 31.4 Å². The minimum Gasteiger partial charge on any atom is -0.345 e. The molecule has 1 aliphatic heterocycles. The second-order valence-corrected chi connectivity index (χ2v) is 5.41. The van der Waals surface area contributed by atoms with Crippen LogP contribution < -0.4 is 5.32 Å². The Morgan fingerprint density at radius 3 is 3.05 bits per heavy atom. The van der Waals surface area contributed by atoms with Crippen molar-refractivity contribution in [3.05, 3.63) is 29.7 Å². The molecule has 0 radical (unpaired) electrons. The van der Waals surface area contributed by atoms with Crippen molar-refractivity contribution >= 4 is 11.6 Å². The molecule has 0 unspecified atom stereocenters. The maximum Gasteiger partial charge on any atom is 0.258 e. The second-order valence-electron chi connectivity index (χ2n) is 5.41. The van der Waals surface area contributed by atoms with Gasteiger partial charge < -0.3 is 10.2 Å². The molecule has 1 aliphatic rings. The van der Waals surface area contributed by atoms with Gasteiger partial charge in [-0.2, -0.15) is 5.10 Å². The van der Waals surface area contributed by atoms with E-state index in [1.807, 2.05) is 10.6 Å². The van der Waals surface area contributed by atoms with Crippen molar-refractivity contribution in [2.24, 2.45) is 0 Å². The van der Waals surface area contributed by atoms with Crippen LogP contribution in [0.4, 0.5) is 0 Å². The van der Waals surface area contributed by atoms with Gasteiger partial charge in [0.25, 0.3) is 5.91 Å². The third-order valence-electron chi connectivity index (χ3n) is 3.78. The molecule has 0 bridgehead atoms. The van der Waals surface area contributed by atoms with Gasteiger partial charge in [0.2, 0.25) is 0 Å². The molecule has 1 atom stereocenters.